The van der Waals surface area contributed by atoms with Crippen LogP contribution in [0.2, 0.25) is 0 Å². The van der Waals surface area contributed by atoms with E-state index in [4.69, 9.17) is 14.6 Å². The standard InChI is InChI=1S/C29H32N4O5/c1-18-24(29(34)38-23(37-3)16-19-10-5-4-6-11-19)25(21-14-9-15-22(17-21)33(35)36)26-27(20-12-7-8-13-20)31-32(2)28(26)30-18/h4-6,9-11,14-15,17,20,23,25,30H,7-8,12-13,16H2,1-3H3. The number of nitro groups is 1. The van der Waals surface area contributed by atoms with E-state index < -0.39 is 23.1 Å². The first kappa shape index (κ1) is 25.7. The molecule has 1 aliphatic carbocycles. The molecular weight excluding hydrogens is 484 g/mol. The number of ether oxygens (including phenoxy) is 2. The average molecular weight is 517 g/mol. The van der Waals surface area contributed by atoms with Crippen LogP contribution in [0.1, 0.15) is 66.8 Å². The highest BCUT2D eigenvalue weighted by Crippen LogP contribution is 2.48. The zero-order valence-electron chi connectivity index (χ0n) is 21.8. The van der Waals surface area contributed by atoms with Gasteiger partial charge in [-0.3, -0.25) is 14.8 Å². The number of aromatic nitrogens is 2. The quantitative estimate of drug-likeness (QED) is 0.180. The van der Waals surface area contributed by atoms with Crippen molar-refractivity contribution in [2.45, 2.75) is 57.2 Å². The highest BCUT2D eigenvalue weighted by atomic mass is 16.7. The van der Waals surface area contributed by atoms with E-state index in [0.29, 0.717) is 23.3 Å². The van der Waals surface area contributed by atoms with Crippen LogP contribution in [0.15, 0.2) is 65.9 Å². The van der Waals surface area contributed by atoms with Gasteiger partial charge in [0.15, 0.2) is 0 Å². The van der Waals surface area contributed by atoms with Gasteiger partial charge < -0.3 is 14.8 Å². The molecule has 1 saturated carbocycles. The van der Waals surface area contributed by atoms with Crippen LogP contribution in [-0.2, 0) is 27.7 Å². The van der Waals surface area contributed by atoms with Gasteiger partial charge >= 0.3 is 5.97 Å². The van der Waals surface area contributed by atoms with Crippen LogP contribution >= 0.6 is 0 Å². The van der Waals surface area contributed by atoms with Gasteiger partial charge in [-0.2, -0.15) is 5.10 Å². The Morgan fingerprint density at radius 3 is 2.61 bits per heavy atom. The Kier molecular flexibility index (Phi) is 7.28. The molecule has 9 heteroatoms. The first-order valence-electron chi connectivity index (χ1n) is 12.9. The molecule has 9 nitrogen and oxygen atoms in total. The van der Waals surface area contributed by atoms with Crippen LogP contribution in [0.25, 0.3) is 0 Å². The second-order valence-corrected chi connectivity index (χ2v) is 9.96. The Morgan fingerprint density at radius 1 is 1.18 bits per heavy atom. The highest BCUT2D eigenvalue weighted by molar-refractivity contribution is 5.94. The molecule has 0 radical (unpaired) electrons. The molecule has 198 valence electrons. The molecule has 1 N–H and O–H groups in total. The lowest BCUT2D eigenvalue weighted by Crippen LogP contribution is -2.29. The number of hydrogen-bond acceptors (Lipinski definition) is 7. The van der Waals surface area contributed by atoms with Crippen molar-refractivity contribution in [3.05, 3.63) is 98.4 Å². The van der Waals surface area contributed by atoms with Crippen LogP contribution in [0.3, 0.4) is 0 Å². The maximum atomic E-state index is 13.9. The summed E-state index contributed by atoms with van der Waals surface area (Å²) >= 11 is 0. The summed E-state index contributed by atoms with van der Waals surface area (Å²) in [4.78, 5) is 25.1. The van der Waals surface area contributed by atoms with E-state index in [1.54, 1.807) is 12.1 Å². The third-order valence-corrected chi connectivity index (χ3v) is 7.52. The molecular formula is C29H32N4O5. The molecule has 1 aliphatic heterocycles. The second-order valence-electron chi connectivity index (χ2n) is 9.96. The molecule has 0 amide bonds. The number of benzene rings is 2. The molecule has 2 aromatic carbocycles. The molecule has 2 unspecified atom stereocenters. The summed E-state index contributed by atoms with van der Waals surface area (Å²) in [5, 5.41) is 19.9. The van der Waals surface area contributed by atoms with Crippen LogP contribution in [-0.4, -0.2) is 34.1 Å². The number of carbonyl (C=O) groups excluding carboxylic acids is 1. The minimum atomic E-state index is -0.791. The summed E-state index contributed by atoms with van der Waals surface area (Å²) in [7, 11) is 3.39. The molecule has 38 heavy (non-hydrogen) atoms. The minimum Gasteiger partial charge on any atom is -0.432 e. The lowest BCUT2D eigenvalue weighted by molar-refractivity contribution is -0.384. The lowest BCUT2D eigenvalue weighted by atomic mass is 9.79. The number of esters is 1. The SMILES string of the molecule is COC(Cc1ccccc1)OC(=O)C1=C(C)Nc2c(c(C3CCCC3)nn2C)C1c1cccc([N+](=O)[O-])c1. The number of hydrogen-bond donors (Lipinski definition) is 1. The number of methoxy groups -OCH3 is 1. The monoisotopic (exact) mass is 516 g/mol. The molecule has 2 atom stereocenters. The van der Waals surface area contributed by atoms with Crippen LogP contribution in [0, 0.1) is 10.1 Å². The minimum absolute atomic E-state index is 0.0295. The molecule has 2 aliphatic rings. The summed E-state index contributed by atoms with van der Waals surface area (Å²) in [5.74, 6) is -0.0307. The van der Waals surface area contributed by atoms with Crippen molar-refractivity contribution < 1.29 is 19.2 Å². The largest absolute Gasteiger partial charge is 0.432 e. The zero-order chi connectivity index (χ0) is 26.8. The summed E-state index contributed by atoms with van der Waals surface area (Å²) in [6.45, 7) is 1.82. The van der Waals surface area contributed by atoms with Gasteiger partial charge in [-0.1, -0.05) is 55.3 Å². The second kappa shape index (κ2) is 10.8. The van der Waals surface area contributed by atoms with Gasteiger partial charge in [0.1, 0.15) is 5.82 Å². The number of allylic oxidation sites excluding steroid dienone is 1. The first-order chi connectivity index (χ1) is 18.4. The van der Waals surface area contributed by atoms with Gasteiger partial charge in [-0.05, 0) is 30.9 Å². The predicted molar refractivity (Wildman–Crippen MR) is 143 cm³/mol. The Morgan fingerprint density at radius 2 is 1.92 bits per heavy atom. The van der Waals surface area contributed by atoms with Gasteiger partial charge in [0, 0.05) is 55.8 Å². The lowest BCUT2D eigenvalue weighted by Gasteiger charge is -2.30. The Labute approximate surface area is 221 Å². The van der Waals surface area contributed by atoms with Gasteiger partial charge in [0.2, 0.25) is 6.29 Å². The normalized spacial score (nSPS) is 18.1. The van der Waals surface area contributed by atoms with Crippen LogP contribution < -0.4 is 5.32 Å². The Balaban J connectivity index is 1.58. The van der Waals surface area contributed by atoms with Gasteiger partial charge in [-0.15, -0.1) is 0 Å². The van der Waals surface area contributed by atoms with Crippen LogP contribution in [0.4, 0.5) is 11.5 Å². The van der Waals surface area contributed by atoms with E-state index in [2.05, 4.69) is 5.32 Å². The average Bonchev–Trinajstić information content (AvgIpc) is 3.56. The van der Waals surface area contributed by atoms with Gasteiger partial charge in [0.05, 0.1) is 16.2 Å². The molecule has 1 aromatic heterocycles. The maximum Gasteiger partial charge on any atom is 0.339 e. The Bertz CT molecular complexity index is 1370. The number of nitro benzene ring substituents is 1. The first-order valence-corrected chi connectivity index (χ1v) is 12.9. The number of non-ortho nitro benzene ring substituents is 1. The fraction of sp³-hybridized carbons (Fsp3) is 0.379. The van der Waals surface area contributed by atoms with Crippen molar-refractivity contribution in [1.29, 1.82) is 0 Å². The number of fused-ring (bicyclic) bond motifs is 1. The molecule has 3 aromatic rings. The number of nitrogens with one attached hydrogen (secondary N) is 1. The van der Waals surface area contributed by atoms with Crippen molar-refractivity contribution in [2.75, 3.05) is 12.4 Å². The van der Waals surface area contributed by atoms with E-state index in [9.17, 15) is 14.9 Å². The third kappa shape index (κ3) is 4.93. The molecule has 0 spiro atoms. The number of carbonyl (C=O) groups is 1. The van der Waals surface area contributed by atoms with E-state index >= 15 is 0 Å². The summed E-state index contributed by atoms with van der Waals surface area (Å²) < 4.78 is 13.3. The van der Waals surface area contributed by atoms with Crippen LogP contribution in [0.5, 0.6) is 0 Å². The highest BCUT2D eigenvalue weighted by Gasteiger charge is 2.40. The predicted octanol–water partition coefficient (Wildman–Crippen LogP) is 5.58. The fourth-order valence-corrected chi connectivity index (χ4v) is 5.69. The topological polar surface area (TPSA) is 109 Å². The van der Waals surface area contributed by atoms with Crippen molar-refractivity contribution in [3.63, 3.8) is 0 Å². The number of rotatable bonds is 8. The number of nitrogens with zero attached hydrogens (tertiary/aromatic N) is 3. The molecule has 0 bridgehead atoms. The number of aryl methyl sites for hydroxylation is 1. The van der Waals surface area contributed by atoms with Gasteiger partial charge in [-0.25, -0.2) is 4.79 Å². The van der Waals surface area contributed by atoms with E-state index in [0.717, 1.165) is 48.3 Å². The van der Waals surface area contributed by atoms with Crippen molar-refractivity contribution in [2.24, 2.45) is 7.05 Å². The third-order valence-electron chi connectivity index (χ3n) is 7.52. The summed E-state index contributed by atoms with van der Waals surface area (Å²) in [5.41, 5.74) is 4.45. The van der Waals surface area contributed by atoms with Crippen molar-refractivity contribution in [3.8, 4) is 0 Å². The molecule has 2 heterocycles. The fourth-order valence-electron chi connectivity index (χ4n) is 5.69. The van der Waals surface area contributed by atoms with E-state index in [-0.39, 0.29) is 11.6 Å². The van der Waals surface area contributed by atoms with Gasteiger partial charge in [0.25, 0.3) is 5.69 Å². The molecule has 5 rings (SSSR count). The molecule has 0 saturated heterocycles. The smallest absolute Gasteiger partial charge is 0.339 e. The Hall–Kier alpha value is -3.98. The maximum absolute atomic E-state index is 13.9. The van der Waals surface area contributed by atoms with E-state index in [1.807, 2.05) is 55.1 Å². The summed E-state index contributed by atoms with van der Waals surface area (Å²) in [6, 6.07) is 16.2. The van der Waals surface area contributed by atoms with E-state index in [1.165, 1.54) is 13.2 Å². The van der Waals surface area contributed by atoms with Crippen molar-refractivity contribution in [1.82, 2.24) is 9.78 Å². The number of anilines is 1. The van der Waals surface area contributed by atoms with Crippen molar-refractivity contribution >= 4 is 17.5 Å². The summed E-state index contributed by atoms with van der Waals surface area (Å²) in [6.07, 6.45) is 3.91. The zero-order valence-corrected chi connectivity index (χ0v) is 21.8. The molecule has 1 fully saturated rings.